The summed E-state index contributed by atoms with van der Waals surface area (Å²) in [6, 6.07) is -0.361. The lowest BCUT2D eigenvalue weighted by atomic mass is 9.91. The summed E-state index contributed by atoms with van der Waals surface area (Å²) in [5.41, 5.74) is 5.68. The molecule has 3 fully saturated rings. The van der Waals surface area contributed by atoms with Crippen LogP contribution in [-0.4, -0.2) is 42.4 Å². The molecular formula is C14H23N3O2. The Morgan fingerprint density at radius 3 is 2.63 bits per heavy atom. The maximum absolute atomic E-state index is 12.6. The summed E-state index contributed by atoms with van der Waals surface area (Å²) in [6.45, 7) is 2.74. The highest BCUT2D eigenvalue weighted by molar-refractivity contribution is 5.89. The van der Waals surface area contributed by atoms with E-state index in [1.807, 2.05) is 0 Å². The number of hydrogen-bond donors (Lipinski definition) is 2. The van der Waals surface area contributed by atoms with E-state index in [1.54, 1.807) is 4.90 Å². The topological polar surface area (TPSA) is 75.4 Å². The van der Waals surface area contributed by atoms with Crippen LogP contribution in [0.15, 0.2) is 0 Å². The van der Waals surface area contributed by atoms with E-state index in [0.717, 1.165) is 51.6 Å². The third kappa shape index (κ3) is 2.24. The van der Waals surface area contributed by atoms with Crippen LogP contribution in [0.25, 0.3) is 0 Å². The first-order valence-electron chi connectivity index (χ1n) is 7.45. The van der Waals surface area contributed by atoms with Gasteiger partial charge in [-0.2, -0.15) is 0 Å². The van der Waals surface area contributed by atoms with Gasteiger partial charge in [-0.25, -0.2) is 0 Å². The maximum atomic E-state index is 12.6. The Balaban J connectivity index is 1.68. The molecule has 5 nitrogen and oxygen atoms in total. The number of rotatable bonds is 2. The second-order valence-electron chi connectivity index (χ2n) is 6.31. The molecule has 2 unspecified atom stereocenters. The number of piperidine rings is 2. The fourth-order valence-electron chi connectivity index (χ4n) is 3.87. The smallest absolute Gasteiger partial charge is 0.240 e. The quantitative estimate of drug-likeness (QED) is 0.751. The number of carbonyl (C=O) groups excluding carboxylic acids is 2. The Labute approximate surface area is 113 Å². The molecule has 0 aromatic carbocycles. The van der Waals surface area contributed by atoms with Gasteiger partial charge in [0.25, 0.3) is 0 Å². The van der Waals surface area contributed by atoms with Crippen molar-refractivity contribution in [3.63, 3.8) is 0 Å². The van der Waals surface area contributed by atoms with Crippen LogP contribution < -0.4 is 11.1 Å². The van der Waals surface area contributed by atoms with Crippen LogP contribution in [-0.2, 0) is 9.59 Å². The monoisotopic (exact) mass is 265 g/mol. The Bertz CT molecular complexity index is 390. The lowest BCUT2D eigenvalue weighted by Gasteiger charge is -2.35. The van der Waals surface area contributed by atoms with Crippen molar-refractivity contribution in [2.45, 2.75) is 44.6 Å². The fraction of sp³-hybridized carbons (Fsp3) is 0.857. The summed E-state index contributed by atoms with van der Waals surface area (Å²) >= 11 is 0. The molecule has 3 aliphatic rings. The number of hydrogen-bond acceptors (Lipinski definition) is 3. The SMILES string of the molecule is NC(=O)C1CCCCN1C(=O)C1CC12CCNCC2. The highest BCUT2D eigenvalue weighted by Crippen LogP contribution is 2.59. The van der Waals surface area contributed by atoms with Gasteiger partial charge in [0.1, 0.15) is 6.04 Å². The molecule has 19 heavy (non-hydrogen) atoms. The van der Waals surface area contributed by atoms with Crippen molar-refractivity contribution >= 4 is 11.8 Å². The van der Waals surface area contributed by atoms with Crippen molar-refractivity contribution in [2.75, 3.05) is 19.6 Å². The van der Waals surface area contributed by atoms with Gasteiger partial charge in [-0.1, -0.05) is 0 Å². The van der Waals surface area contributed by atoms with Crippen molar-refractivity contribution in [1.29, 1.82) is 0 Å². The zero-order chi connectivity index (χ0) is 13.5. The van der Waals surface area contributed by atoms with E-state index in [2.05, 4.69) is 5.32 Å². The van der Waals surface area contributed by atoms with E-state index in [9.17, 15) is 9.59 Å². The van der Waals surface area contributed by atoms with Crippen LogP contribution in [0.3, 0.4) is 0 Å². The molecule has 2 atom stereocenters. The highest BCUT2D eigenvalue weighted by Gasteiger charge is 2.59. The van der Waals surface area contributed by atoms with Gasteiger partial charge in [-0.05, 0) is 57.0 Å². The van der Waals surface area contributed by atoms with E-state index in [4.69, 9.17) is 5.73 Å². The summed E-state index contributed by atoms with van der Waals surface area (Å²) in [5, 5.41) is 3.35. The van der Waals surface area contributed by atoms with Crippen molar-refractivity contribution in [1.82, 2.24) is 10.2 Å². The van der Waals surface area contributed by atoms with Gasteiger partial charge in [-0.15, -0.1) is 0 Å². The van der Waals surface area contributed by atoms with Gasteiger partial charge >= 0.3 is 0 Å². The van der Waals surface area contributed by atoms with Crippen molar-refractivity contribution in [2.24, 2.45) is 17.1 Å². The fourth-order valence-corrected chi connectivity index (χ4v) is 3.87. The second kappa shape index (κ2) is 4.78. The summed E-state index contributed by atoms with van der Waals surface area (Å²) in [6.07, 6.45) is 5.93. The molecular weight excluding hydrogens is 242 g/mol. The normalized spacial score (nSPS) is 33.2. The molecule has 2 saturated heterocycles. The van der Waals surface area contributed by atoms with Gasteiger partial charge in [0.2, 0.25) is 11.8 Å². The van der Waals surface area contributed by atoms with Crippen molar-refractivity contribution in [3.8, 4) is 0 Å². The van der Waals surface area contributed by atoms with E-state index in [0.29, 0.717) is 6.54 Å². The zero-order valence-electron chi connectivity index (χ0n) is 11.4. The van der Waals surface area contributed by atoms with Gasteiger partial charge < -0.3 is 16.0 Å². The molecule has 0 aromatic heterocycles. The Morgan fingerprint density at radius 1 is 1.21 bits per heavy atom. The van der Waals surface area contributed by atoms with Gasteiger partial charge in [0.15, 0.2) is 0 Å². The van der Waals surface area contributed by atoms with Crippen LogP contribution in [0.1, 0.15) is 38.5 Å². The van der Waals surface area contributed by atoms with Crippen LogP contribution in [0.5, 0.6) is 0 Å². The summed E-state index contributed by atoms with van der Waals surface area (Å²) < 4.78 is 0. The molecule has 1 aliphatic carbocycles. The molecule has 0 radical (unpaired) electrons. The minimum Gasteiger partial charge on any atom is -0.368 e. The Kier molecular flexibility index (Phi) is 3.25. The third-order valence-corrected chi connectivity index (χ3v) is 5.20. The van der Waals surface area contributed by atoms with Crippen molar-refractivity contribution < 1.29 is 9.59 Å². The first-order chi connectivity index (χ1) is 9.14. The largest absolute Gasteiger partial charge is 0.368 e. The first-order valence-corrected chi connectivity index (χ1v) is 7.45. The van der Waals surface area contributed by atoms with Crippen LogP contribution in [0.4, 0.5) is 0 Å². The summed E-state index contributed by atoms with van der Waals surface area (Å²) in [5.74, 6) is -0.00647. The molecule has 0 aromatic rings. The minimum atomic E-state index is -0.361. The minimum absolute atomic E-state index is 0.148. The molecule has 1 spiro atoms. The maximum Gasteiger partial charge on any atom is 0.240 e. The van der Waals surface area contributed by atoms with Crippen molar-refractivity contribution in [3.05, 3.63) is 0 Å². The third-order valence-electron chi connectivity index (χ3n) is 5.20. The number of amides is 2. The van der Waals surface area contributed by atoms with E-state index < -0.39 is 0 Å². The van der Waals surface area contributed by atoms with Crippen LogP contribution in [0.2, 0.25) is 0 Å². The Hall–Kier alpha value is -1.10. The van der Waals surface area contributed by atoms with Crippen LogP contribution in [0, 0.1) is 11.3 Å². The molecule has 0 bridgehead atoms. The molecule has 1 saturated carbocycles. The second-order valence-corrected chi connectivity index (χ2v) is 6.31. The number of carbonyl (C=O) groups is 2. The number of nitrogens with one attached hydrogen (secondary N) is 1. The molecule has 3 N–H and O–H groups in total. The Morgan fingerprint density at radius 2 is 1.95 bits per heavy atom. The van der Waals surface area contributed by atoms with Crippen LogP contribution >= 0.6 is 0 Å². The van der Waals surface area contributed by atoms with Gasteiger partial charge in [-0.3, -0.25) is 9.59 Å². The number of nitrogens with two attached hydrogens (primary N) is 1. The van der Waals surface area contributed by atoms with E-state index in [1.165, 1.54) is 0 Å². The average Bonchev–Trinajstić information content (AvgIpc) is 3.12. The summed E-state index contributed by atoms with van der Waals surface area (Å²) in [7, 11) is 0. The predicted molar refractivity (Wildman–Crippen MR) is 71.2 cm³/mol. The van der Waals surface area contributed by atoms with E-state index >= 15 is 0 Å². The molecule has 2 aliphatic heterocycles. The average molecular weight is 265 g/mol. The lowest BCUT2D eigenvalue weighted by Crippen LogP contribution is -2.51. The summed E-state index contributed by atoms with van der Waals surface area (Å²) in [4.78, 5) is 25.9. The van der Waals surface area contributed by atoms with E-state index in [-0.39, 0.29) is 29.2 Å². The lowest BCUT2D eigenvalue weighted by molar-refractivity contribution is -0.143. The standard InChI is InChI=1S/C14H23N3O2/c15-12(18)11-3-1-2-8-17(11)13(19)10-9-14(10)4-6-16-7-5-14/h10-11,16H,1-9H2,(H2,15,18). The zero-order valence-corrected chi connectivity index (χ0v) is 11.4. The number of nitrogens with zero attached hydrogens (tertiary/aromatic N) is 1. The molecule has 2 amide bonds. The number of likely N-dealkylation sites (tertiary alicyclic amines) is 1. The molecule has 106 valence electrons. The number of primary amides is 1. The molecule has 5 heteroatoms. The van der Waals surface area contributed by atoms with Gasteiger partial charge in [0, 0.05) is 12.5 Å². The predicted octanol–water partition coefficient (Wildman–Crippen LogP) is 0.242. The first kappa shape index (κ1) is 12.9. The highest BCUT2D eigenvalue weighted by atomic mass is 16.2. The molecule has 2 heterocycles. The molecule has 3 rings (SSSR count). The van der Waals surface area contributed by atoms with Gasteiger partial charge in [0.05, 0.1) is 0 Å².